The van der Waals surface area contributed by atoms with Gasteiger partial charge in [0, 0.05) is 30.4 Å². The minimum absolute atomic E-state index is 0.127. The number of nitrogen functional groups attached to an aromatic ring is 1. The Labute approximate surface area is 117 Å². The predicted molar refractivity (Wildman–Crippen MR) is 75.5 cm³/mol. The summed E-state index contributed by atoms with van der Waals surface area (Å²) in [6.45, 7) is -0.319. The van der Waals surface area contributed by atoms with Crippen LogP contribution in [0.2, 0.25) is 0 Å². The van der Waals surface area contributed by atoms with Crippen LogP contribution in [-0.4, -0.2) is 55.5 Å². The van der Waals surface area contributed by atoms with Gasteiger partial charge in [0.2, 0.25) is 10.0 Å². The Hall–Kier alpha value is -0.800. The molecule has 19 heavy (non-hydrogen) atoms. The fourth-order valence-corrected chi connectivity index (χ4v) is 3.07. The quantitative estimate of drug-likeness (QED) is 0.503. The lowest BCUT2D eigenvalue weighted by molar-refractivity contribution is 0.113. The molecule has 1 aromatic carbocycles. The molecule has 0 saturated heterocycles. The van der Waals surface area contributed by atoms with Crippen molar-refractivity contribution in [2.75, 3.05) is 32.2 Å². The molecule has 0 aliphatic carbocycles. The number of hydrogen-bond donors (Lipinski definition) is 3. The van der Waals surface area contributed by atoms with Crippen LogP contribution >= 0.6 is 11.8 Å². The summed E-state index contributed by atoms with van der Waals surface area (Å²) in [6, 6.07) is 4.46. The van der Waals surface area contributed by atoms with E-state index in [0.29, 0.717) is 16.3 Å². The summed E-state index contributed by atoms with van der Waals surface area (Å²) >= 11 is 1.26. The molecule has 0 bridgehead atoms. The highest BCUT2D eigenvalue weighted by molar-refractivity contribution is 7.99. The minimum atomic E-state index is -3.50. The molecule has 1 atom stereocenters. The Bertz CT molecular complexity index is 531. The van der Waals surface area contributed by atoms with Gasteiger partial charge in [0.25, 0.3) is 0 Å². The SMILES string of the molecule is CN(C)S(=O)(=O)c1ccc(SCC(O)CO)c(N)c1. The lowest BCUT2D eigenvalue weighted by atomic mass is 10.3. The van der Waals surface area contributed by atoms with Crippen LogP contribution < -0.4 is 5.73 Å². The number of nitrogens with two attached hydrogens (primary N) is 1. The van der Waals surface area contributed by atoms with Crippen LogP contribution in [0.25, 0.3) is 0 Å². The molecular formula is C11H18N2O4S2. The first-order valence-electron chi connectivity index (χ1n) is 5.52. The predicted octanol–water partition coefficient (Wildman–Crippen LogP) is -0.0356. The summed E-state index contributed by atoms with van der Waals surface area (Å²) < 4.78 is 24.9. The molecule has 0 aliphatic heterocycles. The average molecular weight is 306 g/mol. The molecule has 4 N–H and O–H groups in total. The maximum atomic E-state index is 11.9. The minimum Gasteiger partial charge on any atom is -0.398 e. The van der Waals surface area contributed by atoms with E-state index in [-0.39, 0.29) is 11.5 Å². The van der Waals surface area contributed by atoms with Gasteiger partial charge in [-0.1, -0.05) is 0 Å². The number of nitrogens with zero attached hydrogens (tertiary/aromatic N) is 1. The second-order valence-electron chi connectivity index (χ2n) is 4.13. The van der Waals surface area contributed by atoms with Gasteiger partial charge in [-0.2, -0.15) is 0 Å². The molecule has 108 valence electrons. The van der Waals surface area contributed by atoms with E-state index in [9.17, 15) is 13.5 Å². The highest BCUT2D eigenvalue weighted by Gasteiger charge is 2.18. The molecule has 0 radical (unpaired) electrons. The lowest BCUT2D eigenvalue weighted by Crippen LogP contribution is -2.22. The highest BCUT2D eigenvalue weighted by atomic mass is 32.2. The van der Waals surface area contributed by atoms with Crippen molar-refractivity contribution in [3.8, 4) is 0 Å². The molecule has 6 nitrogen and oxygen atoms in total. The second kappa shape index (κ2) is 6.58. The van der Waals surface area contributed by atoms with Crippen molar-refractivity contribution >= 4 is 27.5 Å². The van der Waals surface area contributed by atoms with E-state index in [2.05, 4.69) is 0 Å². The molecule has 0 spiro atoms. The standard InChI is InChI=1S/C11H18N2O4S2/c1-13(2)19(16,17)9-3-4-11(10(12)5-9)18-7-8(15)6-14/h3-5,8,14-15H,6-7,12H2,1-2H3. The van der Waals surface area contributed by atoms with Crippen LogP contribution in [0.3, 0.4) is 0 Å². The van der Waals surface area contributed by atoms with Gasteiger partial charge in [-0.15, -0.1) is 11.8 Å². The zero-order valence-electron chi connectivity index (χ0n) is 10.8. The average Bonchev–Trinajstić information content (AvgIpc) is 2.36. The van der Waals surface area contributed by atoms with E-state index >= 15 is 0 Å². The summed E-state index contributed by atoms with van der Waals surface area (Å²) in [5.41, 5.74) is 6.13. The van der Waals surface area contributed by atoms with Crippen molar-refractivity contribution < 1.29 is 18.6 Å². The van der Waals surface area contributed by atoms with Gasteiger partial charge >= 0.3 is 0 Å². The van der Waals surface area contributed by atoms with Crippen LogP contribution in [0.1, 0.15) is 0 Å². The summed E-state index contributed by atoms with van der Waals surface area (Å²) in [4.78, 5) is 0.798. The number of hydrogen-bond acceptors (Lipinski definition) is 6. The topological polar surface area (TPSA) is 104 Å². The first-order valence-corrected chi connectivity index (χ1v) is 7.95. The van der Waals surface area contributed by atoms with Crippen molar-refractivity contribution in [2.45, 2.75) is 15.9 Å². The normalized spacial score (nSPS) is 13.7. The smallest absolute Gasteiger partial charge is 0.242 e. The van der Waals surface area contributed by atoms with Gasteiger partial charge in [-0.05, 0) is 18.2 Å². The summed E-state index contributed by atoms with van der Waals surface area (Å²) in [5, 5.41) is 18.0. The Balaban J connectivity index is 2.92. The molecule has 0 aliphatic rings. The molecule has 0 heterocycles. The first kappa shape index (κ1) is 16.3. The van der Waals surface area contributed by atoms with E-state index in [1.165, 1.54) is 38.0 Å². The van der Waals surface area contributed by atoms with Gasteiger partial charge in [0.05, 0.1) is 17.6 Å². The van der Waals surface area contributed by atoms with E-state index in [1.54, 1.807) is 6.07 Å². The zero-order chi connectivity index (χ0) is 14.6. The molecule has 1 aromatic rings. The van der Waals surface area contributed by atoms with Crippen LogP contribution in [0.15, 0.2) is 28.0 Å². The summed E-state index contributed by atoms with van der Waals surface area (Å²) in [6.07, 6.45) is -0.824. The third-order valence-electron chi connectivity index (χ3n) is 2.40. The van der Waals surface area contributed by atoms with Crippen LogP contribution in [0.5, 0.6) is 0 Å². The van der Waals surface area contributed by atoms with Crippen molar-refractivity contribution in [3.63, 3.8) is 0 Å². The second-order valence-corrected chi connectivity index (χ2v) is 7.35. The molecular weight excluding hydrogens is 288 g/mol. The molecule has 1 rings (SSSR count). The third-order valence-corrected chi connectivity index (χ3v) is 5.45. The Kier molecular flexibility index (Phi) is 5.63. The Morgan fingerprint density at radius 1 is 1.42 bits per heavy atom. The monoisotopic (exact) mass is 306 g/mol. The maximum Gasteiger partial charge on any atom is 0.242 e. The van der Waals surface area contributed by atoms with Gasteiger partial charge < -0.3 is 15.9 Å². The summed E-state index contributed by atoms with van der Waals surface area (Å²) in [7, 11) is -0.597. The number of aliphatic hydroxyl groups is 2. The van der Waals surface area contributed by atoms with Crippen molar-refractivity contribution in [1.29, 1.82) is 0 Å². The molecule has 0 amide bonds. The Morgan fingerprint density at radius 2 is 2.05 bits per heavy atom. The highest BCUT2D eigenvalue weighted by Crippen LogP contribution is 2.28. The third kappa shape index (κ3) is 4.08. The molecule has 0 aromatic heterocycles. The number of thioether (sulfide) groups is 1. The van der Waals surface area contributed by atoms with E-state index < -0.39 is 16.1 Å². The molecule has 0 saturated carbocycles. The van der Waals surface area contributed by atoms with Gasteiger partial charge in [0.1, 0.15) is 0 Å². The van der Waals surface area contributed by atoms with Gasteiger partial charge in [0.15, 0.2) is 0 Å². The Morgan fingerprint density at radius 3 is 2.53 bits per heavy atom. The number of sulfonamides is 1. The fourth-order valence-electron chi connectivity index (χ4n) is 1.27. The van der Waals surface area contributed by atoms with Gasteiger partial charge in [-0.3, -0.25) is 0 Å². The summed E-state index contributed by atoms with van der Waals surface area (Å²) in [5.74, 6) is 0.292. The zero-order valence-corrected chi connectivity index (χ0v) is 12.4. The van der Waals surface area contributed by atoms with Crippen molar-refractivity contribution in [2.24, 2.45) is 0 Å². The number of benzene rings is 1. The molecule has 8 heteroatoms. The lowest BCUT2D eigenvalue weighted by Gasteiger charge is -2.13. The van der Waals surface area contributed by atoms with E-state index in [0.717, 1.165) is 4.31 Å². The van der Waals surface area contributed by atoms with Crippen molar-refractivity contribution in [1.82, 2.24) is 4.31 Å². The van der Waals surface area contributed by atoms with Crippen LogP contribution in [0, 0.1) is 0 Å². The molecule has 0 fully saturated rings. The van der Waals surface area contributed by atoms with E-state index in [1.807, 2.05) is 0 Å². The number of rotatable bonds is 6. The first-order chi connectivity index (χ1) is 8.78. The largest absolute Gasteiger partial charge is 0.398 e. The maximum absolute atomic E-state index is 11.9. The van der Waals surface area contributed by atoms with E-state index in [4.69, 9.17) is 10.8 Å². The molecule has 1 unspecified atom stereocenters. The van der Waals surface area contributed by atoms with Crippen molar-refractivity contribution in [3.05, 3.63) is 18.2 Å². The van der Waals surface area contributed by atoms with Crippen LogP contribution in [0.4, 0.5) is 5.69 Å². The number of anilines is 1. The van der Waals surface area contributed by atoms with Crippen LogP contribution in [-0.2, 0) is 10.0 Å². The van der Waals surface area contributed by atoms with Gasteiger partial charge in [-0.25, -0.2) is 12.7 Å². The fraction of sp³-hybridized carbons (Fsp3) is 0.455. The number of aliphatic hydroxyl groups excluding tert-OH is 2.